The van der Waals surface area contributed by atoms with Crippen molar-refractivity contribution in [3.8, 4) is 23.0 Å². The largest absolute Gasteiger partial charge is 0.496 e. The van der Waals surface area contributed by atoms with Crippen molar-refractivity contribution in [3.05, 3.63) is 125 Å². The number of rotatable bonds is 11. The van der Waals surface area contributed by atoms with E-state index in [0.717, 1.165) is 28.0 Å². The molecule has 0 amide bonds. The number of carbonyl (C=O) groups is 1. The second-order valence-electron chi connectivity index (χ2n) is 8.42. The molecule has 0 atom stereocenters. The van der Waals surface area contributed by atoms with E-state index in [-0.39, 0.29) is 5.78 Å². The highest BCUT2D eigenvalue weighted by atomic mass is 16.5. The van der Waals surface area contributed by atoms with Crippen molar-refractivity contribution in [1.82, 2.24) is 0 Å². The minimum atomic E-state index is -0.187. The van der Waals surface area contributed by atoms with Crippen molar-refractivity contribution in [1.29, 1.82) is 0 Å². The molecule has 0 saturated heterocycles. The Kier molecular flexibility index (Phi) is 8.61. The highest BCUT2D eigenvalue weighted by Gasteiger charge is 2.14. The maximum absolute atomic E-state index is 13.3. The first-order valence-electron chi connectivity index (χ1n) is 12.0. The van der Waals surface area contributed by atoms with Gasteiger partial charge in [-0.25, -0.2) is 0 Å². The Morgan fingerprint density at radius 1 is 0.730 bits per heavy atom. The molecular weight excluding hydrogens is 464 g/mol. The Morgan fingerprint density at radius 3 is 2.00 bits per heavy atom. The number of ketones is 1. The molecule has 188 valence electrons. The van der Waals surface area contributed by atoms with E-state index in [1.165, 1.54) is 6.08 Å². The maximum Gasteiger partial charge on any atom is 0.189 e. The summed E-state index contributed by atoms with van der Waals surface area (Å²) in [5, 5.41) is 0. The van der Waals surface area contributed by atoms with E-state index in [2.05, 4.69) is 0 Å². The van der Waals surface area contributed by atoms with Crippen molar-refractivity contribution < 1.29 is 23.7 Å². The summed E-state index contributed by atoms with van der Waals surface area (Å²) in [7, 11) is 3.22. The zero-order valence-electron chi connectivity index (χ0n) is 21.3. The molecule has 0 saturated carbocycles. The van der Waals surface area contributed by atoms with Crippen LogP contribution in [0.2, 0.25) is 0 Å². The normalized spacial score (nSPS) is 10.8. The average molecular weight is 495 g/mol. The lowest BCUT2D eigenvalue weighted by atomic mass is 10.0. The van der Waals surface area contributed by atoms with Crippen LogP contribution in [0.4, 0.5) is 0 Å². The van der Waals surface area contributed by atoms with Crippen molar-refractivity contribution >= 4 is 11.9 Å². The van der Waals surface area contributed by atoms with Crippen molar-refractivity contribution in [2.45, 2.75) is 20.1 Å². The standard InChI is InChI=1S/C32H30O5/c1-23-30(34-2)19-15-26(32(23)35-3)14-18-29(33)28-17-16-27(36-21-24-10-6-4-7-11-24)20-31(28)37-22-25-12-8-5-9-13-25/h4-20H,21-22H2,1-3H3/b18-14+. The quantitative estimate of drug-likeness (QED) is 0.165. The van der Waals surface area contributed by atoms with E-state index in [1.54, 1.807) is 38.5 Å². The minimum absolute atomic E-state index is 0.187. The topological polar surface area (TPSA) is 54.0 Å². The van der Waals surface area contributed by atoms with Crippen LogP contribution >= 0.6 is 0 Å². The SMILES string of the molecule is COc1ccc(/C=C/C(=O)c2ccc(OCc3ccccc3)cc2OCc2ccccc2)c(OC)c1C. The molecular formula is C32H30O5. The van der Waals surface area contributed by atoms with Gasteiger partial charge in [0.15, 0.2) is 5.78 Å². The fraction of sp³-hybridized carbons (Fsp3) is 0.156. The van der Waals surface area contributed by atoms with Crippen LogP contribution in [0.3, 0.4) is 0 Å². The molecule has 0 unspecified atom stereocenters. The smallest absolute Gasteiger partial charge is 0.189 e. The molecule has 0 aliphatic rings. The monoisotopic (exact) mass is 494 g/mol. The Bertz CT molecular complexity index is 1360. The van der Waals surface area contributed by atoms with Gasteiger partial charge in [-0.05, 0) is 54.5 Å². The number of hydrogen-bond donors (Lipinski definition) is 0. The van der Waals surface area contributed by atoms with Crippen LogP contribution in [0.5, 0.6) is 23.0 Å². The van der Waals surface area contributed by atoms with E-state index in [4.69, 9.17) is 18.9 Å². The highest BCUT2D eigenvalue weighted by Crippen LogP contribution is 2.33. The van der Waals surface area contributed by atoms with Gasteiger partial charge in [0.25, 0.3) is 0 Å². The highest BCUT2D eigenvalue weighted by molar-refractivity contribution is 6.09. The molecule has 4 aromatic carbocycles. The molecule has 0 N–H and O–H groups in total. The molecule has 0 radical (unpaired) electrons. The predicted octanol–water partition coefficient (Wildman–Crippen LogP) is 7.07. The minimum Gasteiger partial charge on any atom is -0.496 e. The van der Waals surface area contributed by atoms with Gasteiger partial charge in [0.05, 0.1) is 19.8 Å². The number of carbonyl (C=O) groups excluding carboxylic acids is 1. The van der Waals surface area contributed by atoms with E-state index < -0.39 is 0 Å². The first-order valence-corrected chi connectivity index (χ1v) is 12.0. The zero-order chi connectivity index (χ0) is 26.0. The molecule has 37 heavy (non-hydrogen) atoms. The first kappa shape index (κ1) is 25.6. The van der Waals surface area contributed by atoms with Crippen LogP contribution in [0, 0.1) is 6.92 Å². The summed E-state index contributed by atoms with van der Waals surface area (Å²) in [4.78, 5) is 13.3. The number of benzene rings is 4. The van der Waals surface area contributed by atoms with Crippen LogP contribution < -0.4 is 18.9 Å². The van der Waals surface area contributed by atoms with Crippen molar-refractivity contribution in [2.24, 2.45) is 0 Å². The third kappa shape index (κ3) is 6.58. The molecule has 0 spiro atoms. The van der Waals surface area contributed by atoms with Crippen LogP contribution in [-0.2, 0) is 13.2 Å². The second kappa shape index (κ2) is 12.5. The summed E-state index contributed by atoms with van der Waals surface area (Å²) in [5.41, 5.74) is 4.16. The molecule has 0 aromatic heterocycles. The molecule has 0 bridgehead atoms. The van der Waals surface area contributed by atoms with Crippen LogP contribution in [-0.4, -0.2) is 20.0 Å². The summed E-state index contributed by atoms with van der Waals surface area (Å²) >= 11 is 0. The molecule has 4 aromatic rings. The van der Waals surface area contributed by atoms with Gasteiger partial charge in [0.2, 0.25) is 0 Å². The summed E-state index contributed by atoms with van der Waals surface area (Å²) < 4.78 is 23.0. The second-order valence-corrected chi connectivity index (χ2v) is 8.42. The fourth-order valence-corrected chi connectivity index (χ4v) is 3.96. The van der Waals surface area contributed by atoms with E-state index in [9.17, 15) is 4.79 Å². The first-order chi connectivity index (χ1) is 18.1. The van der Waals surface area contributed by atoms with Gasteiger partial charge in [0.1, 0.15) is 36.2 Å². The van der Waals surface area contributed by atoms with E-state index in [1.807, 2.05) is 79.7 Å². The number of methoxy groups -OCH3 is 2. The van der Waals surface area contributed by atoms with Crippen LogP contribution in [0.25, 0.3) is 6.08 Å². The molecule has 0 heterocycles. The third-order valence-electron chi connectivity index (χ3n) is 5.93. The molecule has 0 aliphatic heterocycles. The summed E-state index contributed by atoms with van der Waals surface area (Å²) in [5.74, 6) is 2.28. The predicted molar refractivity (Wildman–Crippen MR) is 146 cm³/mol. The van der Waals surface area contributed by atoms with Gasteiger partial charge in [-0.2, -0.15) is 0 Å². The van der Waals surface area contributed by atoms with Gasteiger partial charge in [0, 0.05) is 17.2 Å². The molecule has 0 aliphatic carbocycles. The Balaban J connectivity index is 1.58. The zero-order valence-corrected chi connectivity index (χ0v) is 21.3. The number of allylic oxidation sites excluding steroid dienone is 1. The Morgan fingerprint density at radius 2 is 1.38 bits per heavy atom. The number of ether oxygens (including phenoxy) is 4. The third-order valence-corrected chi connectivity index (χ3v) is 5.93. The lowest BCUT2D eigenvalue weighted by Crippen LogP contribution is -2.04. The van der Waals surface area contributed by atoms with Gasteiger partial charge >= 0.3 is 0 Å². The summed E-state index contributed by atoms with van der Waals surface area (Å²) in [6, 6.07) is 28.8. The van der Waals surface area contributed by atoms with E-state index >= 15 is 0 Å². The lowest BCUT2D eigenvalue weighted by Gasteiger charge is -2.14. The fourth-order valence-electron chi connectivity index (χ4n) is 3.96. The van der Waals surface area contributed by atoms with Gasteiger partial charge in [-0.1, -0.05) is 60.7 Å². The van der Waals surface area contributed by atoms with Gasteiger partial charge in [-0.15, -0.1) is 0 Å². The molecule has 0 fully saturated rings. The molecule has 5 nitrogen and oxygen atoms in total. The van der Waals surface area contributed by atoms with Crippen molar-refractivity contribution in [2.75, 3.05) is 14.2 Å². The van der Waals surface area contributed by atoms with Crippen molar-refractivity contribution in [3.63, 3.8) is 0 Å². The Hall–Kier alpha value is -4.51. The molecule has 5 heteroatoms. The Labute approximate surface area is 217 Å². The van der Waals surface area contributed by atoms with Gasteiger partial charge in [-0.3, -0.25) is 4.79 Å². The van der Waals surface area contributed by atoms with E-state index in [0.29, 0.717) is 36.0 Å². The van der Waals surface area contributed by atoms with Gasteiger partial charge < -0.3 is 18.9 Å². The maximum atomic E-state index is 13.3. The molecule has 4 rings (SSSR count). The summed E-state index contributed by atoms with van der Waals surface area (Å²) in [6.07, 6.45) is 3.27. The lowest BCUT2D eigenvalue weighted by molar-refractivity contribution is 0.104. The summed E-state index contributed by atoms with van der Waals surface area (Å²) in [6.45, 7) is 2.67. The average Bonchev–Trinajstić information content (AvgIpc) is 2.95. The number of hydrogen-bond acceptors (Lipinski definition) is 5. The van der Waals surface area contributed by atoms with Crippen LogP contribution in [0.15, 0.2) is 97.1 Å². The van der Waals surface area contributed by atoms with Crippen LogP contribution in [0.1, 0.15) is 32.6 Å².